The molecule has 11 nitrogen and oxygen atoms in total. The Morgan fingerprint density at radius 1 is 1.11 bits per heavy atom. The lowest BCUT2D eigenvalue weighted by atomic mass is 10.2. The molecule has 3 aromatic rings. The van der Waals surface area contributed by atoms with Crippen LogP contribution >= 0.6 is 11.6 Å². The van der Waals surface area contributed by atoms with Gasteiger partial charge in [0.2, 0.25) is 18.2 Å². The lowest BCUT2D eigenvalue weighted by Crippen LogP contribution is -2.46. The number of aromatic nitrogens is 2. The van der Waals surface area contributed by atoms with Crippen LogP contribution in [0.5, 0.6) is 11.6 Å². The predicted octanol–water partition coefficient (Wildman–Crippen LogP) is 3.51. The fraction of sp³-hybridized carbons (Fsp3) is 0.200. The predicted molar refractivity (Wildman–Crippen MR) is 139 cm³/mol. The molecule has 0 unspecified atom stereocenters. The van der Waals surface area contributed by atoms with Crippen LogP contribution in [0.1, 0.15) is 21.6 Å². The minimum atomic E-state index is -0.447. The highest BCUT2D eigenvalue weighted by Gasteiger charge is 2.17. The van der Waals surface area contributed by atoms with Gasteiger partial charge >= 0.3 is 6.03 Å². The molecule has 0 aliphatic rings. The van der Waals surface area contributed by atoms with Crippen molar-refractivity contribution in [3.05, 3.63) is 76.7 Å². The molecule has 12 heteroatoms. The number of nitrogens with zero attached hydrogens (tertiary/aromatic N) is 5. The Kier molecular flexibility index (Phi) is 9.11. The Morgan fingerprint density at radius 2 is 1.84 bits per heavy atom. The van der Waals surface area contributed by atoms with Gasteiger partial charge in [-0.1, -0.05) is 23.7 Å². The number of aliphatic imine (C=N–C) groups is 1. The second-order valence-corrected chi connectivity index (χ2v) is 8.43. The van der Waals surface area contributed by atoms with Gasteiger partial charge in [-0.25, -0.2) is 19.8 Å². The topological polar surface area (TPSA) is 129 Å². The molecule has 2 N–H and O–H groups in total. The lowest BCUT2D eigenvalue weighted by molar-refractivity contribution is -0.115. The molecule has 1 aromatic heterocycles. The van der Waals surface area contributed by atoms with E-state index in [4.69, 9.17) is 16.3 Å². The summed E-state index contributed by atoms with van der Waals surface area (Å²) in [6.07, 6.45) is 3.26. The van der Waals surface area contributed by atoms with Crippen LogP contribution in [0.3, 0.4) is 0 Å². The third-order valence-electron chi connectivity index (χ3n) is 4.99. The van der Waals surface area contributed by atoms with E-state index in [0.717, 1.165) is 5.56 Å². The smallest absolute Gasteiger partial charge is 0.323 e. The van der Waals surface area contributed by atoms with Gasteiger partial charge in [-0.2, -0.15) is 0 Å². The van der Waals surface area contributed by atoms with E-state index in [-0.39, 0.29) is 30.0 Å². The normalized spacial score (nSPS) is 10.9. The molecule has 0 bridgehead atoms. The molecule has 4 amide bonds. The number of urea groups is 1. The fourth-order valence-corrected chi connectivity index (χ4v) is 3.11. The Morgan fingerprint density at radius 3 is 2.41 bits per heavy atom. The van der Waals surface area contributed by atoms with E-state index in [1.165, 1.54) is 29.2 Å². The number of benzene rings is 2. The van der Waals surface area contributed by atoms with E-state index in [1.807, 2.05) is 6.92 Å². The molecule has 3 rings (SSSR count). The average Bonchev–Trinajstić information content (AvgIpc) is 2.89. The monoisotopic (exact) mass is 523 g/mol. The van der Waals surface area contributed by atoms with E-state index >= 15 is 0 Å². The van der Waals surface area contributed by atoms with Gasteiger partial charge in [0.05, 0.1) is 24.6 Å². The summed E-state index contributed by atoms with van der Waals surface area (Å²) < 4.78 is 5.78. The van der Waals surface area contributed by atoms with Crippen LogP contribution in [0.25, 0.3) is 0 Å². The number of rotatable bonds is 7. The van der Waals surface area contributed by atoms with Crippen molar-refractivity contribution in [2.45, 2.75) is 13.5 Å². The largest absolute Gasteiger partial charge is 0.437 e. The maximum absolute atomic E-state index is 12.4. The number of aryl methyl sites for hydroxylation is 1. The maximum atomic E-state index is 12.4. The quantitative estimate of drug-likeness (QED) is 0.277. The number of carbonyl (C=O) groups excluding carboxylic acids is 3. The number of halogens is 1. The van der Waals surface area contributed by atoms with Crippen LogP contribution < -0.4 is 15.4 Å². The molecule has 0 aliphatic heterocycles. The highest BCUT2D eigenvalue weighted by atomic mass is 35.5. The van der Waals surface area contributed by atoms with Crippen molar-refractivity contribution >= 4 is 41.6 Å². The summed E-state index contributed by atoms with van der Waals surface area (Å²) >= 11 is 5.96. The maximum Gasteiger partial charge on any atom is 0.323 e. The second-order valence-electron chi connectivity index (χ2n) is 7.99. The average molecular weight is 524 g/mol. The first-order valence-corrected chi connectivity index (χ1v) is 11.4. The first-order chi connectivity index (χ1) is 17.7. The molecular weight excluding hydrogens is 498 g/mol. The molecule has 0 atom stereocenters. The van der Waals surface area contributed by atoms with Crippen molar-refractivity contribution in [2.75, 3.05) is 21.1 Å². The van der Waals surface area contributed by atoms with Crippen LogP contribution in [-0.4, -0.2) is 65.2 Å². The van der Waals surface area contributed by atoms with Crippen LogP contribution in [-0.2, 0) is 11.3 Å². The second kappa shape index (κ2) is 12.5. The molecule has 0 spiro atoms. The molecule has 1 heterocycles. The number of guanidine groups is 1. The molecule has 0 saturated carbocycles. The van der Waals surface area contributed by atoms with Gasteiger partial charge in [0, 0.05) is 26.2 Å². The van der Waals surface area contributed by atoms with Crippen LogP contribution in [0.2, 0.25) is 5.02 Å². The van der Waals surface area contributed by atoms with Gasteiger partial charge in [0.25, 0.3) is 5.91 Å². The van der Waals surface area contributed by atoms with Crippen LogP contribution in [0.4, 0.5) is 10.5 Å². The molecule has 2 aromatic carbocycles. The van der Waals surface area contributed by atoms with Gasteiger partial charge in [-0.3, -0.25) is 19.8 Å². The minimum absolute atomic E-state index is 0.0485. The molecule has 37 heavy (non-hydrogen) atoms. The van der Waals surface area contributed by atoms with Gasteiger partial charge in [0.15, 0.2) is 0 Å². The van der Waals surface area contributed by atoms with Crippen molar-refractivity contribution in [3.63, 3.8) is 0 Å². The highest BCUT2D eigenvalue weighted by Crippen LogP contribution is 2.27. The number of ether oxygens (including phenoxy) is 1. The van der Waals surface area contributed by atoms with Crippen LogP contribution in [0, 0.1) is 6.92 Å². The highest BCUT2D eigenvalue weighted by molar-refractivity contribution is 6.30. The van der Waals surface area contributed by atoms with Crippen molar-refractivity contribution in [1.82, 2.24) is 30.4 Å². The summed E-state index contributed by atoms with van der Waals surface area (Å²) in [6.45, 7) is 1.97. The number of hydrogen-bond acceptors (Lipinski definition) is 7. The fourth-order valence-electron chi connectivity index (χ4n) is 2.99. The molecule has 0 fully saturated rings. The van der Waals surface area contributed by atoms with Gasteiger partial charge in [-0.15, -0.1) is 0 Å². The number of nitrogens with one attached hydrogen (secondary N) is 2. The summed E-state index contributed by atoms with van der Waals surface area (Å²) in [7, 11) is 4.67. The van der Waals surface area contributed by atoms with Gasteiger partial charge in [0.1, 0.15) is 11.4 Å². The van der Waals surface area contributed by atoms with Gasteiger partial charge in [-0.05, 0) is 48.4 Å². The van der Waals surface area contributed by atoms with E-state index in [0.29, 0.717) is 28.4 Å². The molecule has 192 valence electrons. The summed E-state index contributed by atoms with van der Waals surface area (Å²) in [5.74, 6) is 0.400. The molecule has 0 radical (unpaired) electrons. The summed E-state index contributed by atoms with van der Waals surface area (Å²) in [5, 5.41) is 5.71. The summed E-state index contributed by atoms with van der Waals surface area (Å²) in [5.41, 5.74) is 2.16. The standard InChI is InChI=1S/C25H26ClN7O4/c1-16-11-19(9-10-21(16)37-22-13-28-20(12-29-22)23(35)27-2)30-24(31-25(36)32(3)4)33(15-34)14-17-5-7-18(26)8-6-17/h5-13,15H,14H2,1-4H3,(H,27,35)(H,30,31,36). The van der Waals surface area contributed by atoms with E-state index in [2.05, 4.69) is 25.6 Å². The molecular formula is C25H26ClN7O4. The van der Waals surface area contributed by atoms with Crippen molar-refractivity contribution in [1.29, 1.82) is 0 Å². The Hall–Kier alpha value is -4.51. The van der Waals surface area contributed by atoms with Crippen LogP contribution in [0.15, 0.2) is 59.9 Å². The first kappa shape index (κ1) is 27.1. The van der Waals surface area contributed by atoms with Gasteiger partial charge < -0.3 is 15.0 Å². The Bertz CT molecular complexity index is 1300. The third-order valence-corrected chi connectivity index (χ3v) is 5.24. The first-order valence-electron chi connectivity index (χ1n) is 11.1. The molecule has 0 saturated heterocycles. The third kappa shape index (κ3) is 7.48. The summed E-state index contributed by atoms with van der Waals surface area (Å²) in [4.78, 5) is 51.2. The summed E-state index contributed by atoms with van der Waals surface area (Å²) in [6, 6.07) is 11.6. The van der Waals surface area contributed by atoms with Crippen molar-refractivity contribution in [2.24, 2.45) is 4.99 Å². The lowest BCUT2D eigenvalue weighted by Gasteiger charge is -2.22. The van der Waals surface area contributed by atoms with Crippen molar-refractivity contribution < 1.29 is 19.1 Å². The Balaban J connectivity index is 1.85. The number of hydrogen-bond donors (Lipinski definition) is 2. The van der Waals surface area contributed by atoms with E-state index in [1.54, 1.807) is 56.6 Å². The van der Waals surface area contributed by atoms with Crippen molar-refractivity contribution in [3.8, 4) is 11.6 Å². The number of carbonyl (C=O) groups is 3. The SMILES string of the molecule is CNC(=O)c1cnc(Oc2ccc(N=C(NC(=O)N(C)C)N(C=O)Cc3ccc(Cl)cc3)cc2C)cn1. The minimum Gasteiger partial charge on any atom is -0.437 e. The molecule has 0 aliphatic carbocycles. The van der Waals surface area contributed by atoms with E-state index in [9.17, 15) is 14.4 Å². The zero-order chi connectivity index (χ0) is 26.9. The zero-order valence-electron chi connectivity index (χ0n) is 20.7. The zero-order valence-corrected chi connectivity index (χ0v) is 21.5. The van der Waals surface area contributed by atoms with E-state index < -0.39 is 6.03 Å². The Labute approximate surface area is 219 Å². The number of amides is 4.